The van der Waals surface area contributed by atoms with Gasteiger partial charge in [0.2, 0.25) is 10.0 Å². The lowest BCUT2D eigenvalue weighted by Gasteiger charge is -2.21. The smallest absolute Gasteiger partial charge is 0.243 e. The third kappa shape index (κ3) is 3.61. The molecule has 2 rings (SSSR count). The van der Waals surface area contributed by atoms with E-state index in [1.165, 1.54) is 23.5 Å². The molecular weight excluding hydrogens is 322 g/mol. The summed E-state index contributed by atoms with van der Waals surface area (Å²) in [6, 6.07) is 14.0. The van der Waals surface area contributed by atoms with Gasteiger partial charge in [0.15, 0.2) is 0 Å². The zero-order valence-corrected chi connectivity index (χ0v) is 14.1. The molecule has 0 radical (unpaired) electrons. The molecule has 0 aliphatic carbocycles. The van der Waals surface area contributed by atoms with E-state index >= 15 is 0 Å². The lowest BCUT2D eigenvalue weighted by molar-refractivity contribution is 0.413. The van der Waals surface area contributed by atoms with Crippen LogP contribution in [0.15, 0.2) is 53.4 Å². The third-order valence-electron chi connectivity index (χ3n) is 3.32. The molecule has 0 heterocycles. The van der Waals surface area contributed by atoms with Gasteiger partial charge in [-0.15, -0.1) is 0 Å². The summed E-state index contributed by atoms with van der Waals surface area (Å²) < 4.78 is 32.0. The van der Waals surface area contributed by atoms with Gasteiger partial charge in [0.05, 0.1) is 17.0 Å². The normalized spacial score (nSPS) is 11.6. The standard InChI is InChI=1S/C16H18ClNO3S/c1-3-18(12-13-7-5-4-6-8-13)22(19,20)14-9-10-16(21-2)15(17)11-14/h4-11H,3,12H2,1-2H3. The first-order valence-corrected chi connectivity index (χ1v) is 8.68. The van der Waals surface area contributed by atoms with E-state index in [0.717, 1.165) is 5.56 Å². The highest BCUT2D eigenvalue weighted by molar-refractivity contribution is 7.89. The minimum Gasteiger partial charge on any atom is -0.495 e. The van der Waals surface area contributed by atoms with Gasteiger partial charge in [-0.3, -0.25) is 0 Å². The molecule has 0 aromatic heterocycles. The molecule has 2 aromatic rings. The SMILES string of the molecule is CCN(Cc1ccccc1)S(=O)(=O)c1ccc(OC)c(Cl)c1. The molecular formula is C16H18ClNO3S. The quantitative estimate of drug-likeness (QED) is 0.808. The summed E-state index contributed by atoms with van der Waals surface area (Å²) in [4.78, 5) is 0.163. The number of ether oxygens (including phenoxy) is 1. The summed E-state index contributed by atoms with van der Waals surface area (Å²) in [6.45, 7) is 2.51. The second-order valence-electron chi connectivity index (χ2n) is 4.71. The Bertz CT molecular complexity index is 732. The van der Waals surface area contributed by atoms with E-state index in [-0.39, 0.29) is 9.92 Å². The Kier molecular flexibility index (Phi) is 5.45. The molecule has 118 valence electrons. The number of benzene rings is 2. The highest BCUT2D eigenvalue weighted by Gasteiger charge is 2.24. The first kappa shape index (κ1) is 16.8. The molecule has 0 unspecified atom stereocenters. The molecule has 0 fully saturated rings. The van der Waals surface area contributed by atoms with Crippen LogP contribution in [0.2, 0.25) is 5.02 Å². The van der Waals surface area contributed by atoms with Crippen molar-refractivity contribution in [1.29, 1.82) is 0 Å². The molecule has 0 bridgehead atoms. The Hall–Kier alpha value is -1.56. The summed E-state index contributed by atoms with van der Waals surface area (Å²) in [7, 11) is -2.11. The van der Waals surface area contributed by atoms with Crippen LogP contribution in [0.1, 0.15) is 12.5 Å². The molecule has 4 nitrogen and oxygen atoms in total. The molecule has 2 aromatic carbocycles. The zero-order chi connectivity index (χ0) is 16.2. The van der Waals surface area contributed by atoms with E-state index in [2.05, 4.69) is 0 Å². The summed E-state index contributed by atoms with van der Waals surface area (Å²) in [5.41, 5.74) is 0.938. The van der Waals surface area contributed by atoms with Crippen molar-refractivity contribution in [2.75, 3.05) is 13.7 Å². The highest BCUT2D eigenvalue weighted by Crippen LogP contribution is 2.28. The molecule has 0 spiro atoms. The molecule has 0 atom stereocenters. The maximum absolute atomic E-state index is 12.7. The molecule has 0 saturated heterocycles. The second-order valence-corrected chi connectivity index (χ2v) is 7.06. The van der Waals surface area contributed by atoms with E-state index in [1.807, 2.05) is 37.3 Å². The Balaban J connectivity index is 2.32. The largest absolute Gasteiger partial charge is 0.495 e. The zero-order valence-electron chi connectivity index (χ0n) is 12.5. The number of hydrogen-bond acceptors (Lipinski definition) is 3. The average Bonchev–Trinajstić information content (AvgIpc) is 2.53. The minimum atomic E-state index is -3.60. The lowest BCUT2D eigenvalue weighted by atomic mass is 10.2. The predicted octanol–water partition coefficient (Wildman–Crippen LogP) is 3.56. The van der Waals surface area contributed by atoms with Crippen LogP contribution >= 0.6 is 11.6 Å². The van der Waals surface area contributed by atoms with Crippen molar-refractivity contribution in [2.24, 2.45) is 0 Å². The van der Waals surface area contributed by atoms with Crippen LogP contribution in [0.3, 0.4) is 0 Å². The number of hydrogen-bond donors (Lipinski definition) is 0. The van der Waals surface area contributed by atoms with Gasteiger partial charge in [-0.1, -0.05) is 48.9 Å². The summed E-state index contributed by atoms with van der Waals surface area (Å²) in [5.74, 6) is 0.451. The third-order valence-corrected chi connectivity index (χ3v) is 5.53. The maximum atomic E-state index is 12.7. The van der Waals surface area contributed by atoms with Crippen molar-refractivity contribution in [3.05, 3.63) is 59.1 Å². The minimum absolute atomic E-state index is 0.163. The summed E-state index contributed by atoms with van der Waals surface area (Å²) in [5, 5.41) is 0.277. The van der Waals surface area contributed by atoms with Gasteiger partial charge in [-0.05, 0) is 23.8 Å². The van der Waals surface area contributed by atoms with E-state index in [9.17, 15) is 8.42 Å². The molecule has 22 heavy (non-hydrogen) atoms. The fourth-order valence-corrected chi connectivity index (χ4v) is 3.90. The second kappa shape index (κ2) is 7.13. The Morgan fingerprint density at radius 3 is 2.36 bits per heavy atom. The van der Waals surface area contributed by atoms with Gasteiger partial charge >= 0.3 is 0 Å². The molecule has 0 aliphatic heterocycles. The number of methoxy groups -OCH3 is 1. The van der Waals surface area contributed by atoms with Gasteiger partial charge in [-0.2, -0.15) is 4.31 Å². The van der Waals surface area contributed by atoms with E-state index in [0.29, 0.717) is 18.8 Å². The van der Waals surface area contributed by atoms with Crippen molar-refractivity contribution < 1.29 is 13.2 Å². The number of sulfonamides is 1. The maximum Gasteiger partial charge on any atom is 0.243 e. The van der Waals surface area contributed by atoms with Crippen molar-refractivity contribution in [1.82, 2.24) is 4.31 Å². The fourth-order valence-electron chi connectivity index (χ4n) is 2.11. The van der Waals surface area contributed by atoms with Crippen molar-refractivity contribution in [2.45, 2.75) is 18.4 Å². The number of nitrogens with zero attached hydrogens (tertiary/aromatic N) is 1. The van der Waals surface area contributed by atoms with E-state index in [4.69, 9.17) is 16.3 Å². The van der Waals surface area contributed by atoms with Crippen LogP contribution in [0.4, 0.5) is 0 Å². The van der Waals surface area contributed by atoms with Gasteiger partial charge in [0.25, 0.3) is 0 Å². The lowest BCUT2D eigenvalue weighted by Crippen LogP contribution is -2.30. The van der Waals surface area contributed by atoms with Gasteiger partial charge < -0.3 is 4.74 Å². The van der Waals surface area contributed by atoms with Crippen LogP contribution in [-0.2, 0) is 16.6 Å². The summed E-state index contributed by atoms with van der Waals surface area (Å²) >= 11 is 6.04. The molecule has 6 heteroatoms. The number of halogens is 1. The monoisotopic (exact) mass is 339 g/mol. The Labute approximate surface area is 136 Å². The van der Waals surface area contributed by atoms with Crippen molar-refractivity contribution in [3.8, 4) is 5.75 Å². The molecule has 0 N–H and O–H groups in total. The first-order chi connectivity index (χ1) is 10.5. The van der Waals surface area contributed by atoms with Gasteiger partial charge in [0.1, 0.15) is 5.75 Å². The highest BCUT2D eigenvalue weighted by atomic mass is 35.5. The van der Waals surface area contributed by atoms with E-state index in [1.54, 1.807) is 6.07 Å². The van der Waals surface area contributed by atoms with Crippen LogP contribution in [0.25, 0.3) is 0 Å². The van der Waals surface area contributed by atoms with Crippen LogP contribution in [0, 0.1) is 0 Å². The predicted molar refractivity (Wildman–Crippen MR) is 87.7 cm³/mol. The Morgan fingerprint density at radius 1 is 1.14 bits per heavy atom. The summed E-state index contributed by atoms with van der Waals surface area (Å²) in [6.07, 6.45) is 0. The molecule has 0 aliphatic rings. The Morgan fingerprint density at radius 2 is 1.82 bits per heavy atom. The topological polar surface area (TPSA) is 46.6 Å². The number of rotatable bonds is 6. The molecule has 0 amide bonds. The van der Waals surface area contributed by atoms with E-state index < -0.39 is 10.0 Å². The van der Waals surface area contributed by atoms with Crippen LogP contribution in [0.5, 0.6) is 5.75 Å². The molecule has 0 saturated carbocycles. The van der Waals surface area contributed by atoms with Crippen molar-refractivity contribution >= 4 is 21.6 Å². The van der Waals surface area contributed by atoms with Gasteiger partial charge in [-0.25, -0.2) is 8.42 Å². The van der Waals surface area contributed by atoms with Gasteiger partial charge in [0, 0.05) is 13.1 Å². The average molecular weight is 340 g/mol. The van der Waals surface area contributed by atoms with Crippen LogP contribution < -0.4 is 4.74 Å². The van der Waals surface area contributed by atoms with Crippen molar-refractivity contribution in [3.63, 3.8) is 0 Å². The first-order valence-electron chi connectivity index (χ1n) is 6.86. The fraction of sp³-hybridized carbons (Fsp3) is 0.250. The van der Waals surface area contributed by atoms with Crippen LogP contribution in [-0.4, -0.2) is 26.4 Å².